The largest absolute Gasteiger partial charge is 1.00 e. The molecule has 1 aliphatic heterocycles. The molecule has 0 unspecified atom stereocenters. The molecule has 62 valence electrons. The number of hydrogen-bond acceptors (Lipinski definition) is 2. The van der Waals surface area contributed by atoms with Crippen LogP contribution in [0.2, 0.25) is 0 Å². The van der Waals surface area contributed by atoms with Crippen LogP contribution in [-0.4, -0.2) is 10.9 Å². The Balaban J connectivity index is 0.000000845. The molecule has 0 saturated carbocycles. The number of thiocarbonyl (C=S) groups is 1. The summed E-state index contributed by atoms with van der Waals surface area (Å²) in [6.45, 7) is 0.946. The van der Waals surface area contributed by atoms with Gasteiger partial charge in [0.25, 0.3) is 0 Å². The fourth-order valence-corrected chi connectivity index (χ4v) is 1.91. The number of fused-ring (bicyclic) bond motifs is 1. The first-order valence-corrected chi connectivity index (χ1v) is 4.67. The molecule has 0 N–H and O–H groups in total. The van der Waals surface area contributed by atoms with Gasteiger partial charge >= 0.3 is 29.6 Å². The minimum atomic E-state index is 0. The molecule has 0 aromatic heterocycles. The molecule has 2 rings (SSSR count). The Morgan fingerprint density at radius 1 is 1.38 bits per heavy atom. The molecule has 0 spiro atoms. The first-order valence-electron chi connectivity index (χ1n) is 3.85. The Kier molecular flexibility index (Phi) is 4.13. The Morgan fingerprint density at radius 3 is 2.77 bits per heavy atom. The molecule has 0 atom stereocenters. The topological polar surface area (TPSA) is 3.24 Å². The van der Waals surface area contributed by atoms with Gasteiger partial charge in [-0.05, 0) is 18.1 Å². The summed E-state index contributed by atoms with van der Waals surface area (Å²) in [5.41, 5.74) is 2.54. The van der Waals surface area contributed by atoms with Gasteiger partial charge in [-0.1, -0.05) is 22.5 Å². The number of benzene rings is 1. The van der Waals surface area contributed by atoms with E-state index in [0.29, 0.717) is 4.32 Å². The second kappa shape index (κ2) is 4.71. The SMILES string of the molecule is S=C([S-])N1CCc2ccccc21.[Na+]. The van der Waals surface area contributed by atoms with Crippen molar-refractivity contribution in [1.29, 1.82) is 0 Å². The van der Waals surface area contributed by atoms with Crippen LogP contribution >= 0.6 is 12.2 Å². The van der Waals surface area contributed by atoms with E-state index in [1.54, 1.807) is 0 Å². The summed E-state index contributed by atoms with van der Waals surface area (Å²) in [7, 11) is 0. The Bertz CT molecular complexity index is 327. The zero-order valence-corrected chi connectivity index (χ0v) is 11.1. The van der Waals surface area contributed by atoms with Crippen molar-refractivity contribution in [3.63, 3.8) is 0 Å². The van der Waals surface area contributed by atoms with Crippen LogP contribution in [0.3, 0.4) is 0 Å². The van der Waals surface area contributed by atoms with Crippen molar-refractivity contribution in [2.75, 3.05) is 11.4 Å². The standard InChI is InChI=1S/C9H9NS2.Na/c11-9(12)10-6-5-7-3-1-2-4-8(7)10;/h1-4H,5-6H2,(H,11,12);/q;+1/p-1. The van der Waals surface area contributed by atoms with Crippen molar-refractivity contribution in [3.8, 4) is 0 Å². The molecule has 1 aliphatic rings. The van der Waals surface area contributed by atoms with E-state index >= 15 is 0 Å². The Labute approximate surface area is 111 Å². The van der Waals surface area contributed by atoms with Crippen molar-refractivity contribution >= 4 is 34.9 Å². The maximum atomic E-state index is 4.97. The molecular weight excluding hydrogens is 209 g/mol. The van der Waals surface area contributed by atoms with Crippen molar-refractivity contribution in [2.45, 2.75) is 6.42 Å². The van der Waals surface area contributed by atoms with E-state index in [1.807, 2.05) is 11.0 Å². The maximum Gasteiger partial charge on any atom is 1.00 e. The van der Waals surface area contributed by atoms with Gasteiger partial charge in [0.15, 0.2) is 0 Å². The van der Waals surface area contributed by atoms with E-state index in [9.17, 15) is 0 Å². The number of nitrogens with zero attached hydrogens (tertiary/aromatic N) is 1. The second-order valence-electron chi connectivity index (χ2n) is 2.80. The van der Waals surface area contributed by atoms with Crippen LogP contribution < -0.4 is 34.5 Å². The molecule has 0 amide bonds. The van der Waals surface area contributed by atoms with Crippen LogP contribution in [0, 0.1) is 0 Å². The van der Waals surface area contributed by atoms with E-state index in [2.05, 4.69) is 18.2 Å². The third-order valence-electron chi connectivity index (χ3n) is 2.11. The zero-order chi connectivity index (χ0) is 8.55. The summed E-state index contributed by atoms with van der Waals surface area (Å²) in [5, 5.41) is 0. The van der Waals surface area contributed by atoms with Gasteiger partial charge in [-0.25, -0.2) is 0 Å². The molecule has 0 aliphatic carbocycles. The van der Waals surface area contributed by atoms with Crippen LogP contribution in [0.4, 0.5) is 5.69 Å². The first-order chi connectivity index (χ1) is 5.79. The molecule has 1 aromatic carbocycles. The summed E-state index contributed by atoms with van der Waals surface area (Å²) in [5.74, 6) is 0. The van der Waals surface area contributed by atoms with Gasteiger partial charge in [-0.15, -0.1) is 0 Å². The smallest absolute Gasteiger partial charge is 0.411 e. The third-order valence-corrected chi connectivity index (χ3v) is 2.55. The van der Waals surface area contributed by atoms with Crippen LogP contribution in [0.5, 0.6) is 0 Å². The average Bonchev–Trinajstić information content (AvgIpc) is 2.47. The van der Waals surface area contributed by atoms with Crippen LogP contribution in [0.1, 0.15) is 5.56 Å². The van der Waals surface area contributed by atoms with Crippen LogP contribution in [0.25, 0.3) is 0 Å². The molecular formula is C9H8NNaS2. The van der Waals surface area contributed by atoms with Crippen molar-refractivity contribution in [3.05, 3.63) is 29.8 Å². The average molecular weight is 217 g/mol. The molecule has 1 aromatic rings. The fourth-order valence-electron chi connectivity index (χ4n) is 1.53. The van der Waals surface area contributed by atoms with Crippen LogP contribution in [-0.2, 0) is 19.0 Å². The number of hydrogen-bond donors (Lipinski definition) is 0. The van der Waals surface area contributed by atoms with E-state index in [0.717, 1.165) is 13.0 Å². The third kappa shape index (κ3) is 2.22. The molecule has 0 radical (unpaired) electrons. The molecule has 0 bridgehead atoms. The molecule has 0 fully saturated rings. The number of anilines is 1. The van der Waals surface area contributed by atoms with E-state index in [4.69, 9.17) is 24.8 Å². The van der Waals surface area contributed by atoms with Gasteiger partial charge in [-0.2, -0.15) is 0 Å². The number of rotatable bonds is 0. The quantitative estimate of drug-likeness (QED) is 0.308. The summed E-state index contributed by atoms with van der Waals surface area (Å²) < 4.78 is 0.556. The van der Waals surface area contributed by atoms with Crippen molar-refractivity contribution in [2.24, 2.45) is 0 Å². The van der Waals surface area contributed by atoms with Gasteiger partial charge in [0.05, 0.1) is 0 Å². The van der Waals surface area contributed by atoms with Crippen LogP contribution in [0.15, 0.2) is 24.3 Å². The van der Waals surface area contributed by atoms with E-state index in [-0.39, 0.29) is 29.6 Å². The maximum absolute atomic E-state index is 4.97. The van der Waals surface area contributed by atoms with Gasteiger partial charge in [0.2, 0.25) is 0 Å². The van der Waals surface area contributed by atoms with Gasteiger partial charge in [0, 0.05) is 12.2 Å². The number of para-hydroxylation sites is 1. The summed E-state index contributed by atoms with van der Waals surface area (Å²) in [4.78, 5) is 2.01. The van der Waals surface area contributed by atoms with Gasteiger partial charge in [0.1, 0.15) is 0 Å². The molecule has 1 heterocycles. The van der Waals surface area contributed by atoms with E-state index < -0.39 is 0 Å². The molecule has 13 heavy (non-hydrogen) atoms. The van der Waals surface area contributed by atoms with Crippen molar-refractivity contribution < 1.29 is 29.6 Å². The minimum absolute atomic E-state index is 0. The predicted molar refractivity (Wildman–Crippen MR) is 57.5 cm³/mol. The second-order valence-corrected chi connectivity index (χ2v) is 3.83. The molecule has 4 heteroatoms. The summed E-state index contributed by atoms with van der Waals surface area (Å²) in [6.07, 6.45) is 1.06. The minimum Gasteiger partial charge on any atom is -0.411 e. The first kappa shape index (κ1) is 11.4. The predicted octanol–water partition coefficient (Wildman–Crippen LogP) is -1.12. The monoisotopic (exact) mass is 217 g/mol. The summed E-state index contributed by atoms with van der Waals surface area (Å²) in [6, 6.07) is 8.27. The molecule has 1 nitrogen and oxygen atoms in total. The summed E-state index contributed by atoms with van der Waals surface area (Å²) >= 11 is 9.94. The zero-order valence-electron chi connectivity index (χ0n) is 7.49. The van der Waals surface area contributed by atoms with Gasteiger partial charge in [-0.3, -0.25) is 0 Å². The van der Waals surface area contributed by atoms with Crippen molar-refractivity contribution in [1.82, 2.24) is 0 Å². The molecule has 0 saturated heterocycles. The fraction of sp³-hybridized carbons (Fsp3) is 0.222. The Hall–Kier alpha value is 0.330. The van der Waals surface area contributed by atoms with Gasteiger partial charge < -0.3 is 29.7 Å². The normalized spacial score (nSPS) is 13.4. The van der Waals surface area contributed by atoms with E-state index in [1.165, 1.54) is 11.3 Å². The Morgan fingerprint density at radius 2 is 2.08 bits per heavy atom.